The molecule has 0 saturated carbocycles. The Balaban J connectivity index is 0.00000220. The second-order valence-electron chi connectivity index (χ2n) is 5.08. The van der Waals surface area contributed by atoms with Crippen LogP contribution >= 0.6 is 39.9 Å². The molecule has 0 aromatic heterocycles. The van der Waals surface area contributed by atoms with E-state index < -0.39 is 0 Å². The number of halogens is 2. The molecule has 4 nitrogen and oxygen atoms in total. The van der Waals surface area contributed by atoms with Crippen LogP contribution in [0.25, 0.3) is 0 Å². The van der Waals surface area contributed by atoms with Crippen LogP contribution in [0.3, 0.4) is 0 Å². The molecule has 21 heavy (non-hydrogen) atoms. The summed E-state index contributed by atoms with van der Waals surface area (Å²) in [7, 11) is 3.67. The van der Waals surface area contributed by atoms with Crippen LogP contribution in [0.5, 0.6) is 0 Å². The van der Waals surface area contributed by atoms with Crippen molar-refractivity contribution in [3.05, 3.63) is 34.3 Å². The van der Waals surface area contributed by atoms with Gasteiger partial charge >= 0.3 is 0 Å². The van der Waals surface area contributed by atoms with E-state index in [0.717, 1.165) is 43.0 Å². The summed E-state index contributed by atoms with van der Waals surface area (Å²) in [5.41, 5.74) is 1.48. The minimum Gasteiger partial charge on any atom is -0.381 e. The van der Waals surface area contributed by atoms with Gasteiger partial charge in [-0.2, -0.15) is 0 Å². The zero-order valence-electron chi connectivity index (χ0n) is 12.5. The molecule has 1 fully saturated rings. The fourth-order valence-electron chi connectivity index (χ4n) is 2.67. The largest absolute Gasteiger partial charge is 0.381 e. The standard InChI is InChI=1S/C15H22BrN3O.HI/c1-17-14(18-2)19-11-15(7-9-20-10-8-15)12-3-5-13(16)6-4-12;/h3-6H,7-11H2,1-2H3,(H2,17,18,19);1H. The molecule has 0 aliphatic carbocycles. The van der Waals surface area contributed by atoms with E-state index in [1.54, 1.807) is 7.05 Å². The zero-order chi connectivity index (χ0) is 14.4. The van der Waals surface area contributed by atoms with Crippen LogP contribution in [0.1, 0.15) is 18.4 Å². The topological polar surface area (TPSA) is 45.7 Å². The molecule has 1 aromatic rings. The molecule has 2 N–H and O–H groups in total. The second kappa shape index (κ2) is 8.95. The van der Waals surface area contributed by atoms with Gasteiger partial charge in [0.2, 0.25) is 0 Å². The van der Waals surface area contributed by atoms with Crippen LogP contribution in [-0.2, 0) is 10.2 Å². The van der Waals surface area contributed by atoms with Crippen molar-refractivity contribution in [2.24, 2.45) is 4.99 Å². The third-order valence-electron chi connectivity index (χ3n) is 3.96. The van der Waals surface area contributed by atoms with Gasteiger partial charge < -0.3 is 15.4 Å². The predicted molar refractivity (Wildman–Crippen MR) is 102 cm³/mol. The van der Waals surface area contributed by atoms with Crippen molar-refractivity contribution in [2.75, 3.05) is 33.9 Å². The highest BCUT2D eigenvalue weighted by atomic mass is 127. The van der Waals surface area contributed by atoms with Gasteiger partial charge in [0.25, 0.3) is 0 Å². The first-order chi connectivity index (χ1) is 9.70. The van der Waals surface area contributed by atoms with Crippen molar-refractivity contribution in [3.8, 4) is 0 Å². The number of benzene rings is 1. The number of hydrogen-bond acceptors (Lipinski definition) is 2. The molecular weight excluding hydrogens is 445 g/mol. The van der Waals surface area contributed by atoms with E-state index >= 15 is 0 Å². The number of nitrogens with zero attached hydrogens (tertiary/aromatic N) is 1. The number of nitrogens with one attached hydrogen (secondary N) is 2. The molecule has 0 unspecified atom stereocenters. The summed E-state index contributed by atoms with van der Waals surface area (Å²) < 4.78 is 6.66. The lowest BCUT2D eigenvalue weighted by Crippen LogP contribution is -2.47. The van der Waals surface area contributed by atoms with Crippen LogP contribution in [0, 0.1) is 0 Å². The van der Waals surface area contributed by atoms with Crippen molar-refractivity contribution in [1.82, 2.24) is 10.6 Å². The average molecular weight is 468 g/mol. The van der Waals surface area contributed by atoms with Crippen molar-refractivity contribution >= 4 is 45.9 Å². The third-order valence-corrected chi connectivity index (χ3v) is 4.49. The summed E-state index contributed by atoms with van der Waals surface area (Å²) in [6, 6.07) is 8.64. The lowest BCUT2D eigenvalue weighted by Gasteiger charge is -2.38. The molecule has 0 bridgehead atoms. The van der Waals surface area contributed by atoms with Crippen molar-refractivity contribution < 1.29 is 4.74 Å². The number of ether oxygens (including phenoxy) is 1. The van der Waals surface area contributed by atoms with Crippen LogP contribution in [0.15, 0.2) is 33.7 Å². The minimum atomic E-state index is 0. The van der Waals surface area contributed by atoms with Crippen LogP contribution in [0.2, 0.25) is 0 Å². The second-order valence-corrected chi connectivity index (χ2v) is 5.99. The van der Waals surface area contributed by atoms with Crippen LogP contribution < -0.4 is 10.6 Å². The molecule has 118 valence electrons. The normalized spacial score (nSPS) is 17.8. The Hall–Kier alpha value is -0.340. The maximum atomic E-state index is 5.55. The SMILES string of the molecule is CN=C(NC)NCC1(c2ccc(Br)cc2)CCOCC1.I. The first-order valence-electron chi connectivity index (χ1n) is 6.92. The summed E-state index contributed by atoms with van der Waals surface area (Å²) in [6.45, 7) is 2.50. The van der Waals surface area contributed by atoms with Gasteiger partial charge in [0, 0.05) is 43.7 Å². The summed E-state index contributed by atoms with van der Waals surface area (Å²) >= 11 is 3.50. The van der Waals surface area contributed by atoms with E-state index in [1.165, 1.54) is 5.56 Å². The summed E-state index contributed by atoms with van der Waals surface area (Å²) in [5, 5.41) is 6.48. The quantitative estimate of drug-likeness (QED) is 0.408. The summed E-state index contributed by atoms with van der Waals surface area (Å²) in [4.78, 5) is 4.19. The van der Waals surface area contributed by atoms with Crippen molar-refractivity contribution in [2.45, 2.75) is 18.3 Å². The molecule has 6 heteroatoms. The number of hydrogen-bond donors (Lipinski definition) is 2. The van der Waals surface area contributed by atoms with E-state index in [0.29, 0.717) is 0 Å². The van der Waals surface area contributed by atoms with E-state index in [-0.39, 0.29) is 29.4 Å². The highest BCUT2D eigenvalue weighted by molar-refractivity contribution is 14.0. The van der Waals surface area contributed by atoms with Gasteiger partial charge in [-0.1, -0.05) is 28.1 Å². The highest BCUT2D eigenvalue weighted by Crippen LogP contribution is 2.34. The monoisotopic (exact) mass is 467 g/mol. The lowest BCUT2D eigenvalue weighted by atomic mass is 9.74. The molecule has 0 spiro atoms. The summed E-state index contributed by atoms with van der Waals surface area (Å²) in [5.74, 6) is 0.827. The van der Waals surface area contributed by atoms with E-state index in [4.69, 9.17) is 4.74 Å². The fraction of sp³-hybridized carbons (Fsp3) is 0.533. The van der Waals surface area contributed by atoms with Crippen molar-refractivity contribution in [1.29, 1.82) is 0 Å². The Kier molecular flexibility index (Phi) is 7.97. The number of aliphatic imine (C=N–C) groups is 1. The van der Waals surface area contributed by atoms with Crippen molar-refractivity contribution in [3.63, 3.8) is 0 Å². The van der Waals surface area contributed by atoms with Crippen LogP contribution in [0.4, 0.5) is 0 Å². The zero-order valence-corrected chi connectivity index (χ0v) is 16.4. The molecule has 1 aliphatic heterocycles. The Morgan fingerprint density at radius 1 is 1.29 bits per heavy atom. The lowest BCUT2D eigenvalue weighted by molar-refractivity contribution is 0.0514. The molecule has 1 aromatic carbocycles. The van der Waals surface area contributed by atoms with Crippen LogP contribution in [-0.4, -0.2) is 39.8 Å². The summed E-state index contributed by atoms with van der Waals surface area (Å²) in [6.07, 6.45) is 2.06. The smallest absolute Gasteiger partial charge is 0.190 e. The van der Waals surface area contributed by atoms with Gasteiger partial charge in [0.15, 0.2) is 5.96 Å². The molecule has 0 atom stereocenters. The van der Waals surface area contributed by atoms with E-state index in [1.807, 2.05) is 7.05 Å². The van der Waals surface area contributed by atoms with Gasteiger partial charge in [-0.3, -0.25) is 4.99 Å². The maximum Gasteiger partial charge on any atom is 0.190 e. The molecule has 1 saturated heterocycles. The molecule has 2 rings (SSSR count). The average Bonchev–Trinajstić information content (AvgIpc) is 2.50. The molecular formula is C15H23BrIN3O. The van der Waals surface area contributed by atoms with Gasteiger partial charge in [0.05, 0.1) is 0 Å². The van der Waals surface area contributed by atoms with Gasteiger partial charge in [-0.25, -0.2) is 0 Å². The number of guanidine groups is 1. The predicted octanol–water partition coefficient (Wildman–Crippen LogP) is 2.91. The van der Waals surface area contributed by atoms with Gasteiger partial charge in [0.1, 0.15) is 0 Å². The highest BCUT2D eigenvalue weighted by Gasteiger charge is 2.34. The Bertz CT molecular complexity index is 458. The fourth-order valence-corrected chi connectivity index (χ4v) is 2.93. The maximum absolute atomic E-state index is 5.55. The Morgan fingerprint density at radius 3 is 2.43 bits per heavy atom. The minimum absolute atomic E-state index is 0. The first kappa shape index (κ1) is 18.7. The first-order valence-corrected chi connectivity index (χ1v) is 7.72. The molecule has 0 amide bonds. The van der Waals surface area contributed by atoms with E-state index in [9.17, 15) is 0 Å². The third kappa shape index (κ3) is 4.82. The molecule has 1 aliphatic rings. The van der Waals surface area contributed by atoms with E-state index in [2.05, 4.69) is 55.8 Å². The molecule has 0 radical (unpaired) electrons. The van der Waals surface area contributed by atoms with Gasteiger partial charge in [-0.15, -0.1) is 24.0 Å². The number of rotatable bonds is 3. The van der Waals surface area contributed by atoms with Gasteiger partial charge in [-0.05, 0) is 30.5 Å². The Morgan fingerprint density at radius 2 is 1.90 bits per heavy atom. The molecule has 1 heterocycles. The Labute approximate surface area is 152 Å².